The van der Waals surface area contributed by atoms with Gasteiger partial charge >= 0.3 is 5.97 Å². The van der Waals surface area contributed by atoms with Gasteiger partial charge in [0.25, 0.3) is 0 Å². The topological polar surface area (TPSA) is 46.5 Å². The van der Waals surface area contributed by atoms with E-state index in [1.807, 2.05) is 6.92 Å². The maximum atomic E-state index is 11.2. The lowest BCUT2D eigenvalue weighted by molar-refractivity contribution is -0.130. The average Bonchev–Trinajstić information content (AvgIpc) is 2.20. The summed E-state index contributed by atoms with van der Waals surface area (Å²) < 4.78 is 4.92. The van der Waals surface area contributed by atoms with Crippen LogP contribution in [0.15, 0.2) is 30.4 Å². The molecule has 0 unspecified atom stereocenters. The van der Waals surface area contributed by atoms with Gasteiger partial charge < -0.3 is 9.84 Å². The second-order valence-corrected chi connectivity index (χ2v) is 3.33. The molecule has 0 amide bonds. The average molecular weight is 206 g/mol. The fourth-order valence-corrected chi connectivity index (χ4v) is 1.06. The molecule has 1 rings (SSSR count). The minimum Gasteiger partial charge on any atom is -0.504 e. The molecule has 1 aromatic rings. The number of aromatic hydroxyl groups is 1. The number of phenolic OH excluding ortho intramolecular Hbond substituents is 1. The highest BCUT2D eigenvalue weighted by Gasteiger charge is 2.09. The molecule has 0 aliphatic rings. The van der Waals surface area contributed by atoms with Gasteiger partial charge in [-0.05, 0) is 31.0 Å². The molecule has 0 bridgehead atoms. The molecule has 0 atom stereocenters. The predicted octanol–water partition coefficient (Wildman–Crippen LogP) is 2.44. The standard InChI is InChI=1S/C12H14O3/c1-4-9-5-6-11(10(13)7-9)15-12(14)8(2)3/h5-7,13H,2,4H2,1,3H3. The van der Waals surface area contributed by atoms with Crippen molar-refractivity contribution in [2.75, 3.05) is 0 Å². The van der Waals surface area contributed by atoms with Crippen LogP contribution in [0.4, 0.5) is 0 Å². The first-order valence-corrected chi connectivity index (χ1v) is 4.74. The van der Waals surface area contributed by atoms with Crippen molar-refractivity contribution in [2.45, 2.75) is 20.3 Å². The molecule has 0 spiro atoms. The second kappa shape index (κ2) is 4.64. The molecule has 0 aromatic heterocycles. The lowest BCUT2D eigenvalue weighted by Gasteiger charge is -2.06. The minimum absolute atomic E-state index is 0.0241. The summed E-state index contributed by atoms with van der Waals surface area (Å²) in [7, 11) is 0. The Morgan fingerprint density at radius 3 is 2.67 bits per heavy atom. The van der Waals surface area contributed by atoms with Crippen molar-refractivity contribution in [1.82, 2.24) is 0 Å². The highest BCUT2D eigenvalue weighted by atomic mass is 16.5. The first-order valence-electron chi connectivity index (χ1n) is 4.74. The Hall–Kier alpha value is -1.77. The molecule has 1 aromatic carbocycles. The molecule has 0 fully saturated rings. The number of aryl methyl sites for hydroxylation is 1. The van der Waals surface area contributed by atoms with Gasteiger partial charge in [0.15, 0.2) is 11.5 Å². The Labute approximate surface area is 89.0 Å². The Morgan fingerprint density at radius 1 is 1.53 bits per heavy atom. The molecule has 0 saturated heterocycles. The monoisotopic (exact) mass is 206 g/mol. The molecule has 3 nitrogen and oxygen atoms in total. The first kappa shape index (κ1) is 11.3. The molecule has 0 aliphatic carbocycles. The summed E-state index contributed by atoms with van der Waals surface area (Å²) in [6.07, 6.45) is 0.822. The molecule has 15 heavy (non-hydrogen) atoms. The lowest BCUT2D eigenvalue weighted by atomic mass is 10.1. The van der Waals surface area contributed by atoms with Crippen LogP contribution in [-0.2, 0) is 11.2 Å². The van der Waals surface area contributed by atoms with Crippen LogP contribution in [0, 0.1) is 0 Å². The summed E-state index contributed by atoms with van der Waals surface area (Å²) in [6.45, 7) is 6.99. The van der Waals surface area contributed by atoms with E-state index >= 15 is 0 Å². The van der Waals surface area contributed by atoms with Gasteiger partial charge in [-0.2, -0.15) is 0 Å². The third kappa shape index (κ3) is 2.84. The van der Waals surface area contributed by atoms with Crippen molar-refractivity contribution >= 4 is 5.97 Å². The van der Waals surface area contributed by atoms with Crippen molar-refractivity contribution in [3.63, 3.8) is 0 Å². The summed E-state index contributed by atoms with van der Waals surface area (Å²) in [5.74, 6) is -0.390. The quantitative estimate of drug-likeness (QED) is 0.469. The van der Waals surface area contributed by atoms with Gasteiger partial charge in [0, 0.05) is 5.57 Å². The van der Waals surface area contributed by atoms with E-state index < -0.39 is 5.97 Å². The van der Waals surface area contributed by atoms with Crippen LogP contribution in [0.2, 0.25) is 0 Å². The summed E-state index contributed by atoms with van der Waals surface area (Å²) in [5, 5.41) is 9.55. The maximum absolute atomic E-state index is 11.2. The number of ether oxygens (including phenoxy) is 1. The van der Waals surface area contributed by atoms with Gasteiger partial charge in [-0.1, -0.05) is 19.6 Å². The highest BCUT2D eigenvalue weighted by Crippen LogP contribution is 2.27. The van der Waals surface area contributed by atoms with Crippen LogP contribution in [0.25, 0.3) is 0 Å². The van der Waals surface area contributed by atoms with Gasteiger partial charge in [0.2, 0.25) is 0 Å². The zero-order valence-electron chi connectivity index (χ0n) is 8.91. The third-order valence-corrected chi connectivity index (χ3v) is 1.98. The number of esters is 1. The largest absolute Gasteiger partial charge is 0.504 e. The van der Waals surface area contributed by atoms with Crippen LogP contribution >= 0.6 is 0 Å². The summed E-state index contributed by atoms with van der Waals surface area (Å²) >= 11 is 0. The molecule has 0 saturated carbocycles. The number of carbonyl (C=O) groups is 1. The van der Waals surface area contributed by atoms with Crippen molar-refractivity contribution in [2.24, 2.45) is 0 Å². The Balaban J connectivity index is 2.87. The number of rotatable bonds is 3. The van der Waals surface area contributed by atoms with Crippen LogP contribution in [-0.4, -0.2) is 11.1 Å². The number of phenols is 1. The molecule has 3 heteroatoms. The number of benzene rings is 1. The van der Waals surface area contributed by atoms with Crippen molar-refractivity contribution < 1.29 is 14.6 Å². The lowest BCUT2D eigenvalue weighted by Crippen LogP contribution is -2.08. The SMILES string of the molecule is C=C(C)C(=O)Oc1ccc(CC)cc1O. The maximum Gasteiger partial charge on any atom is 0.338 e. The van der Waals surface area contributed by atoms with E-state index in [4.69, 9.17) is 4.74 Å². The van der Waals surface area contributed by atoms with Gasteiger partial charge in [-0.25, -0.2) is 4.79 Å². The summed E-state index contributed by atoms with van der Waals surface area (Å²) in [4.78, 5) is 11.2. The predicted molar refractivity (Wildman–Crippen MR) is 57.9 cm³/mol. The third-order valence-electron chi connectivity index (χ3n) is 1.98. The molecule has 0 aliphatic heterocycles. The molecular formula is C12H14O3. The number of hydrogen-bond donors (Lipinski definition) is 1. The Morgan fingerprint density at radius 2 is 2.20 bits per heavy atom. The fraction of sp³-hybridized carbons (Fsp3) is 0.250. The molecule has 80 valence electrons. The van der Waals surface area contributed by atoms with Gasteiger partial charge in [0.1, 0.15) is 0 Å². The van der Waals surface area contributed by atoms with E-state index in [0.717, 1.165) is 12.0 Å². The Kier molecular flexibility index (Phi) is 3.50. The van der Waals surface area contributed by atoms with Crippen molar-refractivity contribution in [3.8, 4) is 11.5 Å². The molecule has 1 N–H and O–H groups in total. The van der Waals surface area contributed by atoms with E-state index in [2.05, 4.69) is 6.58 Å². The zero-order valence-corrected chi connectivity index (χ0v) is 8.91. The van der Waals surface area contributed by atoms with Crippen LogP contribution < -0.4 is 4.74 Å². The van der Waals surface area contributed by atoms with Crippen LogP contribution in [0.3, 0.4) is 0 Å². The number of carbonyl (C=O) groups excluding carboxylic acids is 1. The minimum atomic E-state index is -0.533. The zero-order chi connectivity index (χ0) is 11.4. The van der Waals surface area contributed by atoms with E-state index in [-0.39, 0.29) is 11.5 Å². The smallest absolute Gasteiger partial charge is 0.338 e. The van der Waals surface area contributed by atoms with Gasteiger partial charge in [-0.15, -0.1) is 0 Å². The molecule has 0 heterocycles. The van der Waals surface area contributed by atoms with E-state index in [1.54, 1.807) is 25.1 Å². The van der Waals surface area contributed by atoms with E-state index in [0.29, 0.717) is 5.57 Å². The van der Waals surface area contributed by atoms with E-state index in [1.165, 1.54) is 0 Å². The normalized spacial score (nSPS) is 9.73. The van der Waals surface area contributed by atoms with Crippen LogP contribution in [0.1, 0.15) is 19.4 Å². The van der Waals surface area contributed by atoms with E-state index in [9.17, 15) is 9.90 Å². The second-order valence-electron chi connectivity index (χ2n) is 3.33. The molecular weight excluding hydrogens is 192 g/mol. The first-order chi connectivity index (χ1) is 7.04. The van der Waals surface area contributed by atoms with Gasteiger partial charge in [0.05, 0.1) is 0 Å². The van der Waals surface area contributed by atoms with Crippen LogP contribution in [0.5, 0.6) is 11.5 Å². The van der Waals surface area contributed by atoms with Crippen molar-refractivity contribution in [1.29, 1.82) is 0 Å². The number of hydrogen-bond acceptors (Lipinski definition) is 3. The fourth-order valence-electron chi connectivity index (χ4n) is 1.06. The summed E-state index contributed by atoms with van der Waals surface area (Å²) in [5.41, 5.74) is 1.29. The molecule has 0 radical (unpaired) electrons. The van der Waals surface area contributed by atoms with Gasteiger partial charge in [-0.3, -0.25) is 0 Å². The summed E-state index contributed by atoms with van der Waals surface area (Å²) in [6, 6.07) is 4.97. The Bertz CT molecular complexity index is 394. The highest BCUT2D eigenvalue weighted by molar-refractivity contribution is 5.89. The van der Waals surface area contributed by atoms with Crippen molar-refractivity contribution in [3.05, 3.63) is 35.9 Å².